The van der Waals surface area contributed by atoms with Gasteiger partial charge in [0.05, 0.1) is 28.4 Å². The van der Waals surface area contributed by atoms with E-state index in [1.54, 1.807) is 33.5 Å². The molecule has 0 unspecified atom stereocenters. The first-order valence-corrected chi connectivity index (χ1v) is 9.49. The number of carbonyl (C=O) groups excluding carboxylic acids is 1. The van der Waals surface area contributed by atoms with Crippen LogP contribution >= 0.6 is 0 Å². The third kappa shape index (κ3) is 3.88. The van der Waals surface area contributed by atoms with Crippen molar-refractivity contribution in [2.24, 2.45) is 0 Å². The SMILES string of the molecule is COc1ccc(C(=O)/C2=C/CCCCc3c2cc(OC)c(OC)c3OC)cc1O. The van der Waals surface area contributed by atoms with E-state index in [2.05, 4.69) is 0 Å². The van der Waals surface area contributed by atoms with E-state index in [-0.39, 0.29) is 11.5 Å². The molecule has 0 bridgehead atoms. The molecule has 0 aliphatic heterocycles. The van der Waals surface area contributed by atoms with Crippen LogP contribution in [0.2, 0.25) is 0 Å². The molecule has 0 saturated heterocycles. The van der Waals surface area contributed by atoms with Crippen molar-refractivity contribution in [1.29, 1.82) is 0 Å². The van der Waals surface area contributed by atoms with Crippen LogP contribution in [0, 0.1) is 0 Å². The molecule has 3 rings (SSSR count). The quantitative estimate of drug-likeness (QED) is 0.726. The van der Waals surface area contributed by atoms with Crippen LogP contribution in [0.15, 0.2) is 30.3 Å². The van der Waals surface area contributed by atoms with E-state index < -0.39 is 0 Å². The van der Waals surface area contributed by atoms with Crippen LogP contribution in [0.25, 0.3) is 5.57 Å². The number of Topliss-reactive ketones (excluding diaryl/α,β-unsaturated/α-hetero) is 1. The topological polar surface area (TPSA) is 74.2 Å². The summed E-state index contributed by atoms with van der Waals surface area (Å²) >= 11 is 0. The number of carbonyl (C=O) groups is 1. The van der Waals surface area contributed by atoms with E-state index in [0.29, 0.717) is 34.1 Å². The number of allylic oxidation sites excluding steroid dienone is 2. The molecule has 0 heterocycles. The summed E-state index contributed by atoms with van der Waals surface area (Å²) in [5, 5.41) is 10.1. The fourth-order valence-electron chi connectivity index (χ4n) is 3.71. The van der Waals surface area contributed by atoms with Crippen LogP contribution < -0.4 is 18.9 Å². The van der Waals surface area contributed by atoms with Gasteiger partial charge in [-0.25, -0.2) is 0 Å². The molecule has 154 valence electrons. The zero-order chi connectivity index (χ0) is 21.0. The molecule has 6 nitrogen and oxygen atoms in total. The Morgan fingerprint density at radius 1 is 0.897 bits per heavy atom. The highest BCUT2D eigenvalue weighted by atomic mass is 16.5. The van der Waals surface area contributed by atoms with Crippen molar-refractivity contribution in [2.75, 3.05) is 28.4 Å². The van der Waals surface area contributed by atoms with E-state index in [9.17, 15) is 9.90 Å². The molecule has 6 heteroatoms. The summed E-state index contributed by atoms with van der Waals surface area (Å²) in [4.78, 5) is 13.4. The van der Waals surface area contributed by atoms with Crippen LogP contribution in [-0.2, 0) is 6.42 Å². The van der Waals surface area contributed by atoms with Crippen molar-refractivity contribution in [3.63, 3.8) is 0 Å². The Bertz CT molecular complexity index is 945. The van der Waals surface area contributed by atoms with Crippen LogP contribution in [0.3, 0.4) is 0 Å². The van der Waals surface area contributed by atoms with E-state index in [4.69, 9.17) is 18.9 Å². The van der Waals surface area contributed by atoms with E-state index >= 15 is 0 Å². The summed E-state index contributed by atoms with van der Waals surface area (Å²) in [6, 6.07) is 6.49. The lowest BCUT2D eigenvalue weighted by molar-refractivity contribution is 0.105. The number of phenols is 1. The minimum Gasteiger partial charge on any atom is -0.504 e. The van der Waals surface area contributed by atoms with Gasteiger partial charge in [-0.2, -0.15) is 0 Å². The molecule has 1 aliphatic carbocycles. The molecule has 0 spiro atoms. The predicted octanol–water partition coefficient (Wildman–Crippen LogP) is 4.42. The summed E-state index contributed by atoms with van der Waals surface area (Å²) in [6.45, 7) is 0. The van der Waals surface area contributed by atoms with Gasteiger partial charge in [0.15, 0.2) is 28.8 Å². The van der Waals surface area contributed by atoms with Gasteiger partial charge in [-0.05, 0) is 55.5 Å². The molecule has 0 radical (unpaired) electrons. The van der Waals surface area contributed by atoms with Crippen molar-refractivity contribution >= 4 is 11.4 Å². The monoisotopic (exact) mass is 398 g/mol. The van der Waals surface area contributed by atoms with E-state index in [0.717, 1.165) is 36.8 Å². The smallest absolute Gasteiger partial charge is 0.203 e. The Hall–Kier alpha value is -3.15. The first kappa shape index (κ1) is 20.6. The summed E-state index contributed by atoms with van der Waals surface area (Å²) in [7, 11) is 6.18. The minimum absolute atomic E-state index is 0.0742. The average molecular weight is 398 g/mol. The molecule has 0 aromatic heterocycles. The highest BCUT2D eigenvalue weighted by Gasteiger charge is 2.26. The Kier molecular flexibility index (Phi) is 6.32. The third-order valence-corrected chi connectivity index (χ3v) is 5.14. The van der Waals surface area contributed by atoms with Crippen LogP contribution in [0.1, 0.15) is 40.7 Å². The second-order valence-electron chi connectivity index (χ2n) is 6.75. The van der Waals surface area contributed by atoms with Gasteiger partial charge >= 0.3 is 0 Å². The molecule has 1 N–H and O–H groups in total. The van der Waals surface area contributed by atoms with Crippen molar-refractivity contribution < 1.29 is 28.8 Å². The van der Waals surface area contributed by atoms with Crippen molar-refractivity contribution in [3.8, 4) is 28.7 Å². The normalized spacial score (nSPS) is 15.2. The number of methoxy groups -OCH3 is 4. The molecule has 29 heavy (non-hydrogen) atoms. The van der Waals surface area contributed by atoms with Crippen molar-refractivity contribution in [1.82, 2.24) is 0 Å². The summed E-state index contributed by atoms with van der Waals surface area (Å²) in [5.41, 5.74) is 2.63. The Labute approximate surface area is 170 Å². The van der Waals surface area contributed by atoms with E-state index in [1.165, 1.54) is 13.2 Å². The number of rotatable bonds is 6. The van der Waals surface area contributed by atoms with Gasteiger partial charge < -0.3 is 24.1 Å². The summed E-state index contributed by atoms with van der Waals surface area (Å²) < 4.78 is 21.8. The fraction of sp³-hybridized carbons (Fsp3) is 0.348. The number of hydrogen-bond acceptors (Lipinski definition) is 6. The number of fused-ring (bicyclic) bond motifs is 1. The zero-order valence-electron chi connectivity index (χ0n) is 17.2. The molecule has 0 fully saturated rings. The van der Waals surface area contributed by atoms with Gasteiger partial charge in [0.25, 0.3) is 0 Å². The van der Waals surface area contributed by atoms with Gasteiger partial charge in [-0.3, -0.25) is 4.79 Å². The van der Waals surface area contributed by atoms with Crippen molar-refractivity contribution in [3.05, 3.63) is 47.0 Å². The van der Waals surface area contributed by atoms with Gasteiger partial charge in [0, 0.05) is 16.7 Å². The number of ketones is 1. The lowest BCUT2D eigenvalue weighted by Crippen LogP contribution is -2.10. The second kappa shape index (κ2) is 8.90. The molecule has 1 aliphatic rings. The fourth-order valence-corrected chi connectivity index (χ4v) is 3.71. The summed E-state index contributed by atoms with van der Waals surface area (Å²) in [6.07, 6.45) is 5.44. The lowest BCUT2D eigenvalue weighted by Gasteiger charge is -2.22. The maximum absolute atomic E-state index is 13.4. The number of phenolic OH excluding ortho intramolecular Hbond substituents is 1. The van der Waals surface area contributed by atoms with E-state index in [1.807, 2.05) is 12.1 Å². The first-order valence-electron chi connectivity index (χ1n) is 9.49. The van der Waals surface area contributed by atoms with Crippen LogP contribution in [-0.4, -0.2) is 39.3 Å². The molecule has 0 saturated carbocycles. The standard InChI is InChI=1S/C23H26O6/c1-26-19-11-10-14(12-18(19)24)21(25)15-8-6-5-7-9-16-17(15)13-20(27-2)23(29-4)22(16)28-3/h8,10-13,24H,5-7,9H2,1-4H3/b15-8+. The minimum atomic E-state index is -0.180. The third-order valence-electron chi connectivity index (χ3n) is 5.14. The molecule has 0 atom stereocenters. The Balaban J connectivity index is 2.18. The van der Waals surface area contributed by atoms with Gasteiger partial charge in [0.1, 0.15) is 0 Å². The molecule has 0 amide bonds. The average Bonchev–Trinajstić information content (AvgIpc) is 2.72. The van der Waals surface area contributed by atoms with Gasteiger partial charge in [-0.1, -0.05) is 6.08 Å². The summed E-state index contributed by atoms with van der Waals surface area (Å²) in [5.74, 6) is 1.67. The zero-order valence-corrected chi connectivity index (χ0v) is 17.2. The number of benzene rings is 2. The molecule has 2 aromatic carbocycles. The largest absolute Gasteiger partial charge is 0.504 e. The lowest BCUT2D eigenvalue weighted by atomic mass is 9.87. The number of aromatic hydroxyl groups is 1. The van der Waals surface area contributed by atoms with Crippen LogP contribution in [0.4, 0.5) is 0 Å². The van der Waals surface area contributed by atoms with Crippen molar-refractivity contribution in [2.45, 2.75) is 25.7 Å². The highest BCUT2D eigenvalue weighted by molar-refractivity contribution is 6.29. The Morgan fingerprint density at radius 3 is 2.24 bits per heavy atom. The second-order valence-corrected chi connectivity index (χ2v) is 6.75. The van der Waals surface area contributed by atoms with Gasteiger partial charge in [0.2, 0.25) is 5.75 Å². The molecular formula is C23H26O6. The maximum Gasteiger partial charge on any atom is 0.203 e. The molecule has 2 aromatic rings. The highest BCUT2D eigenvalue weighted by Crippen LogP contribution is 2.45. The Morgan fingerprint density at radius 2 is 1.62 bits per heavy atom. The van der Waals surface area contributed by atoms with Crippen LogP contribution in [0.5, 0.6) is 28.7 Å². The molecular weight excluding hydrogens is 372 g/mol. The van der Waals surface area contributed by atoms with Gasteiger partial charge in [-0.15, -0.1) is 0 Å². The predicted molar refractivity (Wildman–Crippen MR) is 111 cm³/mol. The number of ether oxygens (including phenoxy) is 4. The maximum atomic E-state index is 13.4. The first-order chi connectivity index (χ1) is 14.0. The number of hydrogen-bond donors (Lipinski definition) is 1.